The Bertz CT molecular complexity index is 468. The van der Waals surface area contributed by atoms with Gasteiger partial charge in [-0.3, -0.25) is 4.90 Å². The number of benzene rings is 1. The molecule has 0 spiro atoms. The highest BCUT2D eigenvalue weighted by Gasteiger charge is 2.33. The van der Waals surface area contributed by atoms with Gasteiger partial charge in [0.05, 0.1) is 7.11 Å². The molecule has 1 aromatic carbocycles. The van der Waals surface area contributed by atoms with Crippen LogP contribution in [0.1, 0.15) is 49.8 Å². The van der Waals surface area contributed by atoms with Crippen molar-refractivity contribution in [1.29, 1.82) is 0 Å². The topological polar surface area (TPSA) is 24.5 Å². The molecule has 2 unspecified atom stereocenters. The van der Waals surface area contributed by atoms with E-state index in [1.807, 2.05) is 0 Å². The van der Waals surface area contributed by atoms with E-state index in [-0.39, 0.29) is 0 Å². The van der Waals surface area contributed by atoms with Crippen molar-refractivity contribution in [2.24, 2.45) is 0 Å². The lowest BCUT2D eigenvalue weighted by Gasteiger charge is -2.43. The van der Waals surface area contributed by atoms with Crippen LogP contribution in [0.25, 0.3) is 0 Å². The molecule has 3 heteroatoms. The number of nitrogens with zero attached hydrogens (tertiary/aromatic N) is 1. The van der Waals surface area contributed by atoms with Crippen LogP contribution in [0.5, 0.6) is 5.75 Å². The van der Waals surface area contributed by atoms with Gasteiger partial charge < -0.3 is 10.1 Å². The Morgan fingerprint density at radius 2 is 2.05 bits per heavy atom. The number of aryl methyl sites for hydroxylation is 1. The molecule has 0 saturated carbocycles. The molecule has 1 fully saturated rings. The van der Waals surface area contributed by atoms with Crippen molar-refractivity contribution in [2.45, 2.75) is 51.1 Å². The lowest BCUT2D eigenvalue weighted by Crippen LogP contribution is -2.49. The summed E-state index contributed by atoms with van der Waals surface area (Å²) in [6.45, 7) is 5.77. The zero-order chi connectivity index (χ0) is 14.7. The van der Waals surface area contributed by atoms with Crippen LogP contribution in [-0.4, -0.2) is 37.7 Å². The number of ether oxygens (including phenoxy) is 1. The Labute approximate surface area is 128 Å². The first-order valence-electron chi connectivity index (χ1n) is 8.47. The van der Waals surface area contributed by atoms with Gasteiger partial charge in [0.15, 0.2) is 0 Å². The number of fused-ring (bicyclic) bond motifs is 1. The summed E-state index contributed by atoms with van der Waals surface area (Å²) in [6.07, 6.45) is 6.60. The van der Waals surface area contributed by atoms with E-state index in [4.69, 9.17) is 4.74 Å². The second-order valence-electron chi connectivity index (χ2n) is 6.30. The quantitative estimate of drug-likeness (QED) is 0.921. The SMILES string of the molecule is CCNC1c2cc(OC)ccc2CCC1N1CCCCC1. The maximum absolute atomic E-state index is 5.45. The number of likely N-dealkylation sites (tertiary alicyclic amines) is 1. The normalized spacial score (nSPS) is 26.4. The summed E-state index contributed by atoms with van der Waals surface area (Å²) in [5, 5.41) is 3.74. The highest BCUT2D eigenvalue weighted by Crippen LogP contribution is 2.36. The average Bonchev–Trinajstić information content (AvgIpc) is 2.55. The largest absolute Gasteiger partial charge is 0.497 e. The monoisotopic (exact) mass is 288 g/mol. The summed E-state index contributed by atoms with van der Waals surface area (Å²) >= 11 is 0. The molecule has 1 aliphatic heterocycles. The van der Waals surface area contributed by atoms with Crippen LogP contribution in [-0.2, 0) is 6.42 Å². The molecule has 3 rings (SSSR count). The second-order valence-corrected chi connectivity index (χ2v) is 6.30. The van der Waals surface area contributed by atoms with Crippen molar-refractivity contribution < 1.29 is 4.74 Å². The molecule has 1 N–H and O–H groups in total. The van der Waals surface area contributed by atoms with Crippen LogP contribution in [0.3, 0.4) is 0 Å². The fourth-order valence-electron chi connectivity index (χ4n) is 4.00. The average molecular weight is 288 g/mol. The standard InChI is InChI=1S/C18H28N2O/c1-3-19-18-16-13-15(21-2)9-7-14(16)8-10-17(18)20-11-5-4-6-12-20/h7,9,13,17-19H,3-6,8,10-12H2,1-2H3. The third-order valence-electron chi connectivity index (χ3n) is 5.07. The first-order valence-corrected chi connectivity index (χ1v) is 8.47. The minimum Gasteiger partial charge on any atom is -0.497 e. The van der Waals surface area contributed by atoms with E-state index in [9.17, 15) is 0 Å². The maximum atomic E-state index is 5.45. The Kier molecular flexibility index (Phi) is 4.81. The lowest BCUT2D eigenvalue weighted by atomic mass is 9.82. The first kappa shape index (κ1) is 14.9. The molecule has 1 aliphatic carbocycles. The Balaban J connectivity index is 1.88. The number of hydrogen-bond acceptors (Lipinski definition) is 3. The number of likely N-dealkylation sites (N-methyl/N-ethyl adjacent to an activating group) is 1. The molecule has 116 valence electrons. The van der Waals surface area contributed by atoms with Gasteiger partial charge in [0.25, 0.3) is 0 Å². The number of methoxy groups -OCH3 is 1. The predicted octanol–water partition coefficient (Wildman–Crippen LogP) is 3.15. The highest BCUT2D eigenvalue weighted by atomic mass is 16.5. The third kappa shape index (κ3) is 3.09. The van der Waals surface area contributed by atoms with Crippen molar-refractivity contribution in [3.05, 3.63) is 29.3 Å². The van der Waals surface area contributed by atoms with Crippen LogP contribution in [0.2, 0.25) is 0 Å². The zero-order valence-corrected chi connectivity index (χ0v) is 13.4. The van der Waals surface area contributed by atoms with Crippen LogP contribution < -0.4 is 10.1 Å². The van der Waals surface area contributed by atoms with Gasteiger partial charge in [0, 0.05) is 12.1 Å². The van der Waals surface area contributed by atoms with Crippen molar-refractivity contribution in [3.63, 3.8) is 0 Å². The minimum atomic E-state index is 0.451. The summed E-state index contributed by atoms with van der Waals surface area (Å²) in [4.78, 5) is 2.72. The molecule has 0 aromatic heterocycles. The van der Waals surface area contributed by atoms with Gasteiger partial charge in [0.2, 0.25) is 0 Å². The highest BCUT2D eigenvalue weighted by molar-refractivity contribution is 5.40. The lowest BCUT2D eigenvalue weighted by molar-refractivity contribution is 0.117. The van der Waals surface area contributed by atoms with Crippen molar-refractivity contribution in [1.82, 2.24) is 10.2 Å². The maximum Gasteiger partial charge on any atom is 0.119 e. The van der Waals surface area contributed by atoms with Crippen LogP contribution >= 0.6 is 0 Å². The number of nitrogens with one attached hydrogen (secondary N) is 1. The molecule has 1 saturated heterocycles. The molecule has 0 bridgehead atoms. The zero-order valence-electron chi connectivity index (χ0n) is 13.4. The summed E-state index contributed by atoms with van der Waals surface area (Å²) in [6, 6.07) is 7.70. The third-order valence-corrected chi connectivity index (χ3v) is 5.07. The summed E-state index contributed by atoms with van der Waals surface area (Å²) in [5.41, 5.74) is 2.95. The van der Waals surface area contributed by atoms with Gasteiger partial charge >= 0.3 is 0 Å². The van der Waals surface area contributed by atoms with Gasteiger partial charge in [-0.2, -0.15) is 0 Å². The molecule has 0 amide bonds. The van der Waals surface area contributed by atoms with Crippen LogP contribution in [0.4, 0.5) is 0 Å². The molecule has 1 heterocycles. The summed E-state index contributed by atoms with van der Waals surface area (Å²) < 4.78 is 5.45. The van der Waals surface area contributed by atoms with Crippen molar-refractivity contribution >= 4 is 0 Å². The summed E-state index contributed by atoms with van der Waals surface area (Å²) in [5.74, 6) is 0.982. The smallest absolute Gasteiger partial charge is 0.119 e. The first-order chi connectivity index (χ1) is 10.3. The van der Waals surface area contributed by atoms with E-state index in [0.29, 0.717) is 12.1 Å². The fraction of sp³-hybridized carbons (Fsp3) is 0.667. The van der Waals surface area contributed by atoms with Crippen LogP contribution in [0, 0.1) is 0 Å². The second kappa shape index (κ2) is 6.80. The van der Waals surface area contributed by atoms with Crippen molar-refractivity contribution in [3.8, 4) is 5.75 Å². The molecule has 3 nitrogen and oxygen atoms in total. The van der Waals surface area contributed by atoms with Gasteiger partial charge in [-0.25, -0.2) is 0 Å². The predicted molar refractivity (Wildman–Crippen MR) is 86.9 cm³/mol. The molecule has 0 radical (unpaired) electrons. The van der Waals surface area contributed by atoms with Crippen molar-refractivity contribution in [2.75, 3.05) is 26.7 Å². The van der Waals surface area contributed by atoms with Gasteiger partial charge in [0.1, 0.15) is 5.75 Å². The van der Waals surface area contributed by atoms with Gasteiger partial charge in [-0.15, -0.1) is 0 Å². The van der Waals surface area contributed by atoms with E-state index >= 15 is 0 Å². The fourth-order valence-corrected chi connectivity index (χ4v) is 4.00. The molecule has 21 heavy (non-hydrogen) atoms. The van der Waals surface area contributed by atoms with E-state index < -0.39 is 0 Å². The van der Waals surface area contributed by atoms with E-state index in [1.54, 1.807) is 7.11 Å². The summed E-state index contributed by atoms with van der Waals surface area (Å²) in [7, 11) is 1.76. The molecular formula is C18H28N2O. The van der Waals surface area contributed by atoms with Gasteiger partial charge in [-0.05, 0) is 68.6 Å². The van der Waals surface area contributed by atoms with E-state index in [0.717, 1.165) is 12.3 Å². The van der Waals surface area contributed by atoms with Gasteiger partial charge in [-0.1, -0.05) is 19.4 Å². The Morgan fingerprint density at radius 3 is 2.76 bits per heavy atom. The van der Waals surface area contributed by atoms with E-state index in [1.165, 1.54) is 56.3 Å². The molecule has 2 atom stereocenters. The van der Waals surface area contributed by atoms with Crippen LogP contribution in [0.15, 0.2) is 18.2 Å². The van der Waals surface area contributed by atoms with E-state index in [2.05, 4.69) is 35.3 Å². The molecular weight excluding hydrogens is 260 g/mol. The Hall–Kier alpha value is -1.06. The number of rotatable bonds is 4. The molecule has 1 aromatic rings. The number of hydrogen-bond donors (Lipinski definition) is 1. The Morgan fingerprint density at radius 1 is 1.24 bits per heavy atom. The minimum absolute atomic E-state index is 0.451. The number of piperidine rings is 1. The molecule has 2 aliphatic rings.